The number of carbonyl (C=O) groups is 3. The fraction of sp³-hybridized carbons (Fsp3) is 0.368. The molecule has 158 valence electrons. The Morgan fingerprint density at radius 1 is 1.37 bits per heavy atom. The van der Waals surface area contributed by atoms with Crippen molar-refractivity contribution < 1.29 is 24.2 Å². The predicted octanol–water partition coefficient (Wildman–Crippen LogP) is 3.19. The van der Waals surface area contributed by atoms with E-state index in [1.807, 2.05) is 6.07 Å². The van der Waals surface area contributed by atoms with Gasteiger partial charge in [0, 0.05) is 41.1 Å². The highest BCUT2D eigenvalue weighted by Crippen LogP contribution is 2.47. The number of methoxy groups -OCH3 is 1. The summed E-state index contributed by atoms with van der Waals surface area (Å²) in [6.45, 7) is 1.34. The molecular formula is C19H19ClN4O5S. The fourth-order valence-corrected chi connectivity index (χ4v) is 4.96. The number of carboxylic acids is 1. The molecular weight excluding hydrogens is 432 g/mol. The van der Waals surface area contributed by atoms with E-state index in [0.29, 0.717) is 41.9 Å². The minimum absolute atomic E-state index is 0.204. The normalized spacial score (nSPS) is 19.8. The first-order valence-corrected chi connectivity index (χ1v) is 10.4. The molecule has 4 rings (SSSR count). The number of hydrogen-bond acceptors (Lipinski definition) is 6. The molecule has 2 aliphatic heterocycles. The van der Waals surface area contributed by atoms with Crippen molar-refractivity contribution in [1.82, 2.24) is 9.88 Å². The maximum Gasteiger partial charge on any atom is 0.409 e. The Balaban J connectivity index is 1.58. The number of ether oxygens (including phenoxy) is 1. The number of rotatable bonds is 3. The highest BCUT2D eigenvalue weighted by Gasteiger charge is 2.50. The Hall–Kier alpha value is -2.85. The molecule has 2 aliphatic rings. The summed E-state index contributed by atoms with van der Waals surface area (Å²) < 4.78 is 4.85. The first-order chi connectivity index (χ1) is 14.3. The molecule has 3 heterocycles. The van der Waals surface area contributed by atoms with Gasteiger partial charge in [-0.05, 0) is 30.2 Å². The second-order valence-electron chi connectivity index (χ2n) is 7.31. The molecule has 1 fully saturated rings. The van der Waals surface area contributed by atoms with Crippen LogP contribution in [0.3, 0.4) is 0 Å². The Kier molecular flexibility index (Phi) is 5.29. The number of nitrogens with zero attached hydrogens (tertiary/aromatic N) is 3. The van der Waals surface area contributed by atoms with E-state index in [4.69, 9.17) is 21.4 Å². The SMILES string of the molecule is COC(=O)N1CCC2(C1)CN(C(=O)Nc1nc(CC(=O)O)cs1)c1ccc(Cl)cc12. The van der Waals surface area contributed by atoms with Crippen LogP contribution in [0.15, 0.2) is 23.6 Å². The maximum atomic E-state index is 13.0. The lowest BCUT2D eigenvalue weighted by Gasteiger charge is -2.25. The molecule has 1 spiro atoms. The molecule has 9 nitrogen and oxygen atoms in total. The number of thiazole rings is 1. The number of carbonyl (C=O) groups excluding carboxylic acids is 2. The average molecular weight is 451 g/mol. The van der Waals surface area contributed by atoms with Crippen LogP contribution in [-0.4, -0.2) is 59.8 Å². The molecule has 1 unspecified atom stereocenters. The van der Waals surface area contributed by atoms with Crippen LogP contribution >= 0.6 is 22.9 Å². The van der Waals surface area contributed by atoms with E-state index in [1.165, 1.54) is 18.4 Å². The van der Waals surface area contributed by atoms with Crippen LogP contribution in [0.25, 0.3) is 0 Å². The number of halogens is 1. The molecule has 0 radical (unpaired) electrons. The topological polar surface area (TPSA) is 112 Å². The van der Waals surface area contributed by atoms with Gasteiger partial charge in [-0.2, -0.15) is 0 Å². The van der Waals surface area contributed by atoms with Gasteiger partial charge in [-0.1, -0.05) is 11.6 Å². The van der Waals surface area contributed by atoms with Crippen LogP contribution < -0.4 is 10.2 Å². The van der Waals surface area contributed by atoms with Gasteiger partial charge in [0.1, 0.15) is 0 Å². The third kappa shape index (κ3) is 3.68. The molecule has 2 N–H and O–H groups in total. The van der Waals surface area contributed by atoms with Gasteiger partial charge < -0.3 is 14.7 Å². The summed E-state index contributed by atoms with van der Waals surface area (Å²) >= 11 is 7.40. The number of urea groups is 1. The third-order valence-corrected chi connectivity index (χ3v) is 6.45. The van der Waals surface area contributed by atoms with Crippen LogP contribution in [0.1, 0.15) is 17.7 Å². The van der Waals surface area contributed by atoms with Crippen LogP contribution in [0.2, 0.25) is 5.02 Å². The van der Waals surface area contributed by atoms with Gasteiger partial charge in [0.05, 0.1) is 19.2 Å². The van der Waals surface area contributed by atoms with Crippen molar-refractivity contribution in [3.8, 4) is 0 Å². The molecule has 2 aromatic rings. The Labute approximate surface area is 181 Å². The van der Waals surface area contributed by atoms with Gasteiger partial charge >= 0.3 is 18.1 Å². The van der Waals surface area contributed by atoms with Crippen LogP contribution in [0.5, 0.6) is 0 Å². The standard InChI is InChI=1S/C19H19ClN4O5S/c1-29-18(28)23-5-4-19(9-23)10-24(14-3-2-11(20)6-13(14)19)17(27)22-16-21-12(8-30-16)7-15(25)26/h2-3,6,8H,4-5,7,9-10H2,1H3,(H,25,26)(H,21,22,27). The lowest BCUT2D eigenvalue weighted by atomic mass is 9.81. The van der Waals surface area contributed by atoms with E-state index >= 15 is 0 Å². The van der Waals surface area contributed by atoms with Crippen molar-refractivity contribution in [3.63, 3.8) is 0 Å². The van der Waals surface area contributed by atoms with Crippen molar-refractivity contribution >= 4 is 51.9 Å². The third-order valence-electron chi connectivity index (χ3n) is 5.41. The van der Waals surface area contributed by atoms with E-state index in [1.54, 1.807) is 27.3 Å². The molecule has 30 heavy (non-hydrogen) atoms. The van der Waals surface area contributed by atoms with E-state index < -0.39 is 17.5 Å². The number of fused-ring (bicyclic) bond motifs is 2. The summed E-state index contributed by atoms with van der Waals surface area (Å²) in [6, 6.07) is 4.99. The minimum atomic E-state index is -0.984. The highest BCUT2D eigenvalue weighted by molar-refractivity contribution is 7.14. The number of aliphatic carboxylic acids is 1. The van der Waals surface area contributed by atoms with Gasteiger partial charge in [0.2, 0.25) is 0 Å². The Bertz CT molecular complexity index is 1030. The molecule has 3 amide bonds. The zero-order valence-electron chi connectivity index (χ0n) is 16.1. The lowest BCUT2D eigenvalue weighted by Crippen LogP contribution is -2.41. The van der Waals surface area contributed by atoms with Crippen molar-refractivity contribution in [2.24, 2.45) is 0 Å². The quantitative estimate of drug-likeness (QED) is 0.742. The van der Waals surface area contributed by atoms with Gasteiger partial charge in [-0.3, -0.25) is 15.0 Å². The number of nitrogens with one attached hydrogen (secondary N) is 1. The zero-order valence-corrected chi connectivity index (χ0v) is 17.6. The van der Waals surface area contributed by atoms with Crippen molar-refractivity contribution in [3.05, 3.63) is 39.9 Å². The summed E-state index contributed by atoms with van der Waals surface area (Å²) in [5, 5.41) is 14.1. The van der Waals surface area contributed by atoms with E-state index in [2.05, 4.69) is 10.3 Å². The highest BCUT2D eigenvalue weighted by atomic mass is 35.5. The smallest absolute Gasteiger partial charge is 0.409 e. The predicted molar refractivity (Wildman–Crippen MR) is 112 cm³/mol. The largest absolute Gasteiger partial charge is 0.481 e. The summed E-state index contributed by atoms with van der Waals surface area (Å²) in [5.74, 6) is -0.984. The van der Waals surface area contributed by atoms with Gasteiger partial charge in [-0.15, -0.1) is 11.3 Å². The summed E-state index contributed by atoms with van der Waals surface area (Å²) in [4.78, 5) is 43.3. The number of likely N-dealkylation sites (tertiary alicyclic amines) is 1. The molecule has 0 aliphatic carbocycles. The molecule has 1 aromatic heterocycles. The maximum absolute atomic E-state index is 13.0. The zero-order chi connectivity index (χ0) is 21.5. The van der Waals surface area contributed by atoms with Gasteiger partial charge in [-0.25, -0.2) is 14.6 Å². The summed E-state index contributed by atoms with van der Waals surface area (Å²) in [5.41, 5.74) is 1.61. The van der Waals surface area contributed by atoms with Crippen molar-refractivity contribution in [2.75, 3.05) is 37.0 Å². The number of hydrogen-bond donors (Lipinski definition) is 2. The fourth-order valence-electron chi connectivity index (χ4n) is 4.09. The summed E-state index contributed by atoms with van der Waals surface area (Å²) in [6.07, 6.45) is 0.0791. The number of carboxylic acid groups (broad SMARTS) is 1. The number of benzene rings is 1. The van der Waals surface area contributed by atoms with E-state index in [9.17, 15) is 14.4 Å². The molecule has 1 aromatic carbocycles. The number of amides is 3. The minimum Gasteiger partial charge on any atom is -0.481 e. The first kappa shape index (κ1) is 20.4. The molecule has 1 atom stereocenters. The van der Waals surface area contributed by atoms with E-state index in [0.717, 1.165) is 11.3 Å². The Morgan fingerprint density at radius 3 is 2.90 bits per heavy atom. The van der Waals surface area contributed by atoms with Crippen LogP contribution in [0.4, 0.5) is 20.4 Å². The monoisotopic (exact) mass is 450 g/mol. The molecule has 11 heteroatoms. The summed E-state index contributed by atoms with van der Waals surface area (Å²) in [7, 11) is 1.35. The first-order valence-electron chi connectivity index (χ1n) is 9.19. The number of anilines is 2. The molecule has 0 saturated carbocycles. The van der Waals surface area contributed by atoms with E-state index in [-0.39, 0.29) is 12.5 Å². The van der Waals surface area contributed by atoms with Crippen molar-refractivity contribution in [1.29, 1.82) is 0 Å². The number of aromatic nitrogens is 1. The second-order valence-corrected chi connectivity index (χ2v) is 8.61. The average Bonchev–Trinajstić information content (AvgIpc) is 3.40. The van der Waals surface area contributed by atoms with Gasteiger partial charge in [0.15, 0.2) is 5.13 Å². The van der Waals surface area contributed by atoms with Gasteiger partial charge in [0.25, 0.3) is 0 Å². The molecule has 0 bridgehead atoms. The van der Waals surface area contributed by atoms with Crippen molar-refractivity contribution in [2.45, 2.75) is 18.3 Å². The Morgan fingerprint density at radius 2 is 2.17 bits per heavy atom. The van der Waals surface area contributed by atoms with Crippen LogP contribution in [0, 0.1) is 0 Å². The lowest BCUT2D eigenvalue weighted by molar-refractivity contribution is -0.136. The van der Waals surface area contributed by atoms with Crippen LogP contribution in [-0.2, 0) is 21.4 Å². The molecule has 1 saturated heterocycles. The second kappa shape index (κ2) is 7.77.